The Labute approximate surface area is 116 Å². The van der Waals surface area contributed by atoms with Gasteiger partial charge in [-0.05, 0) is 0 Å². The van der Waals surface area contributed by atoms with E-state index in [0.29, 0.717) is 0 Å². The molecule has 1 rings (SSSR count). The Morgan fingerprint density at radius 2 is 2.11 bits per heavy atom. The predicted octanol–water partition coefficient (Wildman–Crippen LogP) is 2.94. The number of rotatable bonds is 8. The molecule has 0 unspecified atom stereocenters. The van der Waals surface area contributed by atoms with E-state index in [1.165, 1.54) is 16.6 Å². The molecule has 0 spiro atoms. The Morgan fingerprint density at radius 1 is 1.33 bits per heavy atom. The number of nitrogens with one attached hydrogen (secondary N) is 1. The van der Waals surface area contributed by atoms with Crippen molar-refractivity contribution in [3.05, 3.63) is 24.3 Å². The van der Waals surface area contributed by atoms with Crippen molar-refractivity contribution in [2.45, 2.75) is 16.6 Å². The van der Waals surface area contributed by atoms with E-state index in [4.69, 9.17) is 4.74 Å². The summed E-state index contributed by atoms with van der Waals surface area (Å²) in [6.45, 7) is 2.75. The molecule has 0 amide bonds. The molecule has 0 aliphatic rings. The van der Waals surface area contributed by atoms with Crippen LogP contribution in [0, 0.1) is 0 Å². The van der Waals surface area contributed by atoms with Crippen molar-refractivity contribution in [3.63, 3.8) is 0 Å². The number of benzene rings is 1. The molecule has 0 saturated heterocycles. The maximum atomic E-state index is 5.04. The van der Waals surface area contributed by atoms with Gasteiger partial charge in [0, 0.05) is 0 Å². The third-order valence-corrected chi connectivity index (χ3v) is 5.10. The van der Waals surface area contributed by atoms with Gasteiger partial charge < -0.3 is 0 Å². The molecule has 18 heavy (non-hydrogen) atoms. The summed E-state index contributed by atoms with van der Waals surface area (Å²) >= 11 is -0.519. The summed E-state index contributed by atoms with van der Waals surface area (Å²) in [5.41, 5.74) is 7.26. The van der Waals surface area contributed by atoms with Gasteiger partial charge in [0.15, 0.2) is 0 Å². The number of methoxy groups -OCH3 is 1. The molecule has 4 heteroatoms. The summed E-state index contributed by atoms with van der Waals surface area (Å²) in [6.07, 6.45) is 0. The van der Waals surface area contributed by atoms with E-state index in [9.17, 15) is 0 Å². The van der Waals surface area contributed by atoms with Gasteiger partial charge in [0.25, 0.3) is 0 Å². The summed E-state index contributed by atoms with van der Waals surface area (Å²) in [6, 6.07) is 8.58. The Balaban J connectivity index is 2.52. The molecule has 0 aliphatic carbocycles. The standard InChI is InChI=1S/C14H25AsN2O/c1-15(2)8-10-17(3)14-7-5-6-13(12-14)16-9-11-18-4/h5-7,12,16H,8-11H2,1-4H3. The van der Waals surface area contributed by atoms with Crippen LogP contribution in [0.1, 0.15) is 0 Å². The molecule has 0 bridgehead atoms. The van der Waals surface area contributed by atoms with Crippen molar-refractivity contribution in [1.29, 1.82) is 0 Å². The van der Waals surface area contributed by atoms with Crippen molar-refractivity contribution in [1.82, 2.24) is 0 Å². The number of hydrogen-bond donors (Lipinski definition) is 1. The summed E-state index contributed by atoms with van der Waals surface area (Å²) in [7, 11) is 3.90. The van der Waals surface area contributed by atoms with Gasteiger partial charge in [0.1, 0.15) is 0 Å². The molecular weight excluding hydrogens is 287 g/mol. The van der Waals surface area contributed by atoms with Gasteiger partial charge in [-0.3, -0.25) is 0 Å². The first-order chi connectivity index (χ1) is 8.63. The number of hydrogen-bond acceptors (Lipinski definition) is 3. The molecule has 0 radical (unpaired) electrons. The van der Waals surface area contributed by atoms with Crippen LogP contribution in [-0.2, 0) is 4.74 Å². The quantitative estimate of drug-likeness (QED) is 0.590. The summed E-state index contributed by atoms with van der Waals surface area (Å²) in [4.78, 5) is 2.34. The monoisotopic (exact) mass is 312 g/mol. The number of anilines is 2. The van der Waals surface area contributed by atoms with E-state index in [1.54, 1.807) is 7.11 Å². The topological polar surface area (TPSA) is 24.5 Å². The Morgan fingerprint density at radius 3 is 2.78 bits per heavy atom. The SMILES string of the molecule is COCCNc1cccc(N(C)CC[As](C)C)c1. The van der Waals surface area contributed by atoms with Crippen LogP contribution in [0.25, 0.3) is 0 Å². The fraction of sp³-hybridized carbons (Fsp3) is 0.571. The van der Waals surface area contributed by atoms with Gasteiger partial charge in [-0.2, -0.15) is 0 Å². The van der Waals surface area contributed by atoms with Crippen molar-refractivity contribution >= 4 is 26.0 Å². The van der Waals surface area contributed by atoms with Crippen molar-refractivity contribution in [2.24, 2.45) is 0 Å². The average Bonchev–Trinajstić information content (AvgIpc) is 2.36. The molecule has 0 heterocycles. The first kappa shape index (κ1) is 15.4. The molecule has 3 nitrogen and oxygen atoms in total. The molecular formula is C14H25AsN2O. The molecule has 0 aliphatic heterocycles. The van der Waals surface area contributed by atoms with Crippen molar-refractivity contribution in [2.75, 3.05) is 44.1 Å². The minimum absolute atomic E-state index is 0.519. The van der Waals surface area contributed by atoms with Gasteiger partial charge in [-0.15, -0.1) is 0 Å². The van der Waals surface area contributed by atoms with Crippen LogP contribution < -0.4 is 10.2 Å². The van der Waals surface area contributed by atoms with Gasteiger partial charge in [-0.1, -0.05) is 0 Å². The van der Waals surface area contributed by atoms with Gasteiger partial charge >= 0.3 is 116 Å². The third-order valence-electron chi connectivity index (χ3n) is 2.80. The molecule has 0 saturated carbocycles. The summed E-state index contributed by atoms with van der Waals surface area (Å²) in [5, 5.41) is 4.73. The number of ether oxygens (including phenoxy) is 1. The first-order valence-electron chi connectivity index (χ1n) is 6.32. The van der Waals surface area contributed by atoms with Crippen LogP contribution in [0.4, 0.5) is 11.4 Å². The molecule has 1 aromatic carbocycles. The second kappa shape index (κ2) is 8.44. The van der Waals surface area contributed by atoms with E-state index >= 15 is 0 Å². The van der Waals surface area contributed by atoms with Crippen LogP contribution in [0.3, 0.4) is 0 Å². The van der Waals surface area contributed by atoms with E-state index in [1.807, 2.05) is 0 Å². The fourth-order valence-electron chi connectivity index (χ4n) is 1.63. The second-order valence-electron chi connectivity index (χ2n) is 4.69. The Hall–Kier alpha value is -0.662. The molecule has 102 valence electrons. The fourth-order valence-corrected chi connectivity index (χ4v) is 3.10. The van der Waals surface area contributed by atoms with Crippen LogP contribution in [-0.4, -0.2) is 48.5 Å². The van der Waals surface area contributed by atoms with Gasteiger partial charge in [0.2, 0.25) is 0 Å². The Bertz CT molecular complexity index is 344. The van der Waals surface area contributed by atoms with E-state index in [2.05, 4.69) is 53.0 Å². The predicted molar refractivity (Wildman–Crippen MR) is 82.4 cm³/mol. The zero-order valence-electron chi connectivity index (χ0n) is 11.9. The second-order valence-corrected chi connectivity index (χ2v) is 10.2. The Kier molecular flexibility index (Phi) is 7.22. The molecule has 0 aromatic heterocycles. The van der Waals surface area contributed by atoms with E-state index in [0.717, 1.165) is 19.7 Å². The third kappa shape index (κ3) is 5.79. The molecule has 0 fully saturated rings. The minimum atomic E-state index is -0.519. The zero-order valence-corrected chi connectivity index (χ0v) is 13.8. The van der Waals surface area contributed by atoms with Crippen LogP contribution in [0.15, 0.2) is 24.3 Å². The van der Waals surface area contributed by atoms with E-state index < -0.39 is 14.7 Å². The summed E-state index contributed by atoms with van der Waals surface area (Å²) < 4.78 is 5.04. The van der Waals surface area contributed by atoms with Crippen molar-refractivity contribution < 1.29 is 4.74 Å². The van der Waals surface area contributed by atoms with Crippen LogP contribution in [0.5, 0.6) is 0 Å². The summed E-state index contributed by atoms with van der Waals surface area (Å²) in [5.74, 6) is 0. The first-order valence-corrected chi connectivity index (χ1v) is 11.4. The van der Waals surface area contributed by atoms with Crippen molar-refractivity contribution in [3.8, 4) is 0 Å². The molecule has 1 N–H and O–H groups in total. The molecule has 0 atom stereocenters. The number of nitrogens with zero attached hydrogens (tertiary/aromatic N) is 1. The zero-order chi connectivity index (χ0) is 13.4. The normalized spacial score (nSPS) is 10.7. The van der Waals surface area contributed by atoms with Gasteiger partial charge in [-0.25, -0.2) is 0 Å². The van der Waals surface area contributed by atoms with Crippen LogP contribution >= 0.6 is 0 Å². The van der Waals surface area contributed by atoms with E-state index in [-0.39, 0.29) is 0 Å². The van der Waals surface area contributed by atoms with Gasteiger partial charge in [0.05, 0.1) is 0 Å². The average molecular weight is 312 g/mol. The maximum absolute atomic E-state index is 5.04. The molecule has 1 aromatic rings. The van der Waals surface area contributed by atoms with Crippen LogP contribution in [0.2, 0.25) is 16.6 Å².